The van der Waals surface area contributed by atoms with Gasteiger partial charge < -0.3 is 14.6 Å². The zero-order chi connectivity index (χ0) is 14.9. The van der Waals surface area contributed by atoms with Crippen LogP contribution in [0.2, 0.25) is 0 Å². The van der Waals surface area contributed by atoms with Gasteiger partial charge in [-0.1, -0.05) is 0 Å². The molecule has 3 aliphatic rings. The highest BCUT2D eigenvalue weighted by atomic mass is 32.2. The number of rotatable bonds is 2. The van der Waals surface area contributed by atoms with Crippen molar-refractivity contribution in [3.8, 4) is 0 Å². The fourth-order valence-corrected chi connectivity index (χ4v) is 5.01. The Morgan fingerprint density at radius 3 is 2.24 bits per heavy atom. The first-order valence-corrected chi connectivity index (χ1v) is 9.09. The smallest absolute Gasteiger partial charge is 0.282 e. The first-order valence-electron chi connectivity index (χ1n) is 7.70. The Bertz CT molecular complexity index is 455. The van der Waals surface area contributed by atoms with Crippen LogP contribution in [0.25, 0.3) is 0 Å². The van der Waals surface area contributed by atoms with E-state index in [0.29, 0.717) is 58.8 Å². The van der Waals surface area contributed by atoms with Crippen molar-refractivity contribution in [2.24, 2.45) is 0 Å². The Hall–Kier alpha value is -0.250. The van der Waals surface area contributed by atoms with Crippen molar-refractivity contribution in [1.29, 1.82) is 0 Å². The van der Waals surface area contributed by atoms with E-state index in [1.807, 2.05) is 0 Å². The van der Waals surface area contributed by atoms with Crippen LogP contribution >= 0.6 is 0 Å². The van der Waals surface area contributed by atoms with Gasteiger partial charge in [-0.3, -0.25) is 0 Å². The van der Waals surface area contributed by atoms with Crippen molar-refractivity contribution in [3.05, 3.63) is 0 Å². The lowest BCUT2D eigenvalue weighted by Gasteiger charge is -2.47. The average Bonchev–Trinajstić information content (AvgIpc) is 2.52. The molecule has 3 rings (SSSR count). The topological polar surface area (TPSA) is 79.3 Å². The average molecular weight is 320 g/mol. The molecule has 3 heterocycles. The van der Waals surface area contributed by atoms with Gasteiger partial charge in [-0.2, -0.15) is 17.0 Å². The zero-order valence-electron chi connectivity index (χ0n) is 12.2. The number of nitrogens with zero attached hydrogens (tertiary/aromatic N) is 2. The maximum Gasteiger partial charge on any atom is 0.282 e. The van der Waals surface area contributed by atoms with Gasteiger partial charge in [0.1, 0.15) is 0 Å². The van der Waals surface area contributed by atoms with Crippen LogP contribution in [0.3, 0.4) is 0 Å². The molecule has 21 heavy (non-hydrogen) atoms. The minimum atomic E-state index is -3.41. The summed E-state index contributed by atoms with van der Waals surface area (Å²) in [5.41, 5.74) is -0.532. The maximum atomic E-state index is 12.6. The molecular formula is C13H24N2O5S. The first-order chi connectivity index (χ1) is 10.0. The van der Waals surface area contributed by atoms with Crippen LogP contribution in [0.5, 0.6) is 0 Å². The van der Waals surface area contributed by atoms with E-state index in [2.05, 4.69) is 0 Å². The predicted octanol–water partition coefficient (Wildman–Crippen LogP) is -0.431. The van der Waals surface area contributed by atoms with Crippen molar-refractivity contribution in [2.75, 3.05) is 46.0 Å². The van der Waals surface area contributed by atoms with E-state index in [9.17, 15) is 13.5 Å². The van der Waals surface area contributed by atoms with Gasteiger partial charge in [-0.25, -0.2) is 0 Å². The van der Waals surface area contributed by atoms with Gasteiger partial charge in [-0.15, -0.1) is 0 Å². The molecule has 0 amide bonds. The van der Waals surface area contributed by atoms with Gasteiger partial charge in [0, 0.05) is 32.8 Å². The number of aliphatic hydroxyl groups is 1. The van der Waals surface area contributed by atoms with Crippen molar-refractivity contribution >= 4 is 10.2 Å². The Morgan fingerprint density at radius 2 is 1.62 bits per heavy atom. The zero-order valence-corrected chi connectivity index (χ0v) is 13.1. The minimum absolute atomic E-state index is 0.413. The number of ether oxygens (including phenoxy) is 2. The highest BCUT2D eigenvalue weighted by molar-refractivity contribution is 7.86. The lowest BCUT2D eigenvalue weighted by molar-refractivity contribution is -0.172. The molecule has 0 saturated carbocycles. The number of piperidine rings is 1. The van der Waals surface area contributed by atoms with Gasteiger partial charge in [0.2, 0.25) is 0 Å². The summed E-state index contributed by atoms with van der Waals surface area (Å²) in [5.74, 6) is 0. The quantitative estimate of drug-likeness (QED) is 0.747. The van der Waals surface area contributed by atoms with Gasteiger partial charge in [0.05, 0.1) is 24.9 Å². The van der Waals surface area contributed by atoms with E-state index in [1.165, 1.54) is 8.61 Å². The molecule has 3 fully saturated rings. The minimum Gasteiger partial charge on any atom is -0.390 e. The normalized spacial score (nSPS) is 32.3. The molecule has 0 aromatic rings. The third-order valence-electron chi connectivity index (χ3n) is 4.81. The SMILES string of the molecule is O=S(=O)(N1CCOCC1)N1CCC2(CC1)OCCC[C@H]2O. The summed E-state index contributed by atoms with van der Waals surface area (Å²) in [6, 6.07) is 0. The second-order valence-corrected chi connectivity index (χ2v) is 7.92. The standard InChI is InChI=1S/C13H24N2O5S/c16-12-2-1-9-20-13(12)3-5-14(6-4-13)21(17,18)15-7-10-19-11-8-15/h12,16H,1-11H2/t12-/m1/s1. The van der Waals surface area contributed by atoms with E-state index in [0.717, 1.165) is 12.8 Å². The Kier molecular flexibility index (Phi) is 4.54. The molecule has 7 nitrogen and oxygen atoms in total. The van der Waals surface area contributed by atoms with E-state index < -0.39 is 21.9 Å². The summed E-state index contributed by atoms with van der Waals surface area (Å²) in [4.78, 5) is 0. The third kappa shape index (κ3) is 2.97. The number of morpholine rings is 1. The molecular weight excluding hydrogens is 296 g/mol. The van der Waals surface area contributed by atoms with Crippen molar-refractivity contribution in [1.82, 2.24) is 8.61 Å². The van der Waals surface area contributed by atoms with Crippen LogP contribution in [0, 0.1) is 0 Å². The lowest BCUT2D eigenvalue weighted by Crippen LogP contribution is -2.58. The Morgan fingerprint density at radius 1 is 1.00 bits per heavy atom. The third-order valence-corrected chi connectivity index (χ3v) is 6.85. The highest BCUT2D eigenvalue weighted by Crippen LogP contribution is 2.36. The van der Waals surface area contributed by atoms with Crippen molar-refractivity contribution in [2.45, 2.75) is 37.4 Å². The van der Waals surface area contributed by atoms with Gasteiger partial charge in [0.15, 0.2) is 0 Å². The molecule has 0 aromatic heterocycles. The van der Waals surface area contributed by atoms with Crippen molar-refractivity contribution < 1.29 is 23.0 Å². The lowest BCUT2D eigenvalue weighted by atomic mass is 9.82. The van der Waals surface area contributed by atoms with E-state index in [4.69, 9.17) is 9.47 Å². The van der Waals surface area contributed by atoms with Gasteiger partial charge >= 0.3 is 0 Å². The molecule has 0 bridgehead atoms. The Balaban J connectivity index is 1.64. The molecule has 0 aromatic carbocycles. The van der Waals surface area contributed by atoms with Crippen LogP contribution in [0.15, 0.2) is 0 Å². The molecule has 1 atom stereocenters. The highest BCUT2D eigenvalue weighted by Gasteiger charge is 2.46. The molecule has 3 aliphatic heterocycles. The maximum absolute atomic E-state index is 12.6. The van der Waals surface area contributed by atoms with Crippen LogP contribution < -0.4 is 0 Å². The second-order valence-electron chi connectivity index (χ2n) is 5.99. The first kappa shape index (κ1) is 15.6. The largest absolute Gasteiger partial charge is 0.390 e. The molecule has 1 N–H and O–H groups in total. The number of aliphatic hydroxyl groups excluding tert-OH is 1. The number of hydrogen-bond acceptors (Lipinski definition) is 5. The summed E-state index contributed by atoms with van der Waals surface area (Å²) in [7, 11) is -3.41. The second kappa shape index (κ2) is 6.10. The molecule has 3 saturated heterocycles. The van der Waals surface area contributed by atoms with Crippen LogP contribution in [0.1, 0.15) is 25.7 Å². The summed E-state index contributed by atoms with van der Waals surface area (Å²) < 4.78 is 39.2. The summed E-state index contributed by atoms with van der Waals surface area (Å²) >= 11 is 0. The molecule has 1 spiro atoms. The van der Waals surface area contributed by atoms with Crippen LogP contribution in [-0.4, -0.2) is 79.8 Å². The van der Waals surface area contributed by atoms with E-state index in [-0.39, 0.29) is 0 Å². The van der Waals surface area contributed by atoms with E-state index in [1.54, 1.807) is 0 Å². The summed E-state index contributed by atoms with van der Waals surface area (Å²) in [6.07, 6.45) is 2.28. The monoisotopic (exact) mass is 320 g/mol. The Labute approximate surface area is 126 Å². The van der Waals surface area contributed by atoms with Gasteiger partial charge in [0.25, 0.3) is 10.2 Å². The van der Waals surface area contributed by atoms with E-state index >= 15 is 0 Å². The molecule has 8 heteroatoms. The molecule has 0 aliphatic carbocycles. The number of hydrogen-bond donors (Lipinski definition) is 1. The van der Waals surface area contributed by atoms with Crippen LogP contribution in [-0.2, 0) is 19.7 Å². The van der Waals surface area contributed by atoms with Gasteiger partial charge in [-0.05, 0) is 25.7 Å². The summed E-state index contributed by atoms with van der Waals surface area (Å²) in [6.45, 7) is 3.24. The fraction of sp³-hybridized carbons (Fsp3) is 1.00. The molecule has 0 radical (unpaired) electrons. The predicted molar refractivity (Wildman–Crippen MR) is 76.0 cm³/mol. The summed E-state index contributed by atoms with van der Waals surface area (Å²) in [5, 5.41) is 10.2. The van der Waals surface area contributed by atoms with Crippen LogP contribution in [0.4, 0.5) is 0 Å². The molecule has 0 unspecified atom stereocenters. The fourth-order valence-electron chi connectivity index (χ4n) is 3.42. The van der Waals surface area contributed by atoms with Crippen molar-refractivity contribution in [3.63, 3.8) is 0 Å². The molecule has 122 valence electrons.